The molecule has 0 spiro atoms. The minimum absolute atomic E-state index is 0.153. The van der Waals surface area contributed by atoms with Crippen LogP contribution in [0.1, 0.15) is 20.7 Å². The standard InChI is InChI=1S/C24H21NO6/c1-3-15-25-23(28)31-20-18(29-21(26)16-11-7-5-8-12-16)19(24(20,25)4-2)30-22(27)17-13-9-6-10-14-17/h3-14,18-20H,1-2,15H2/t18-,19-,20+,24-/m1/s1. The van der Waals surface area contributed by atoms with Crippen LogP contribution in [0.2, 0.25) is 0 Å². The highest BCUT2D eigenvalue weighted by Crippen LogP contribution is 2.50. The van der Waals surface area contributed by atoms with E-state index in [0.29, 0.717) is 11.1 Å². The molecule has 0 aromatic heterocycles. The van der Waals surface area contributed by atoms with Gasteiger partial charge in [0.1, 0.15) is 5.54 Å². The van der Waals surface area contributed by atoms with Crippen molar-refractivity contribution in [3.63, 3.8) is 0 Å². The molecule has 0 radical (unpaired) electrons. The zero-order valence-corrected chi connectivity index (χ0v) is 16.7. The molecule has 4 atom stereocenters. The lowest BCUT2D eigenvalue weighted by Gasteiger charge is -2.53. The molecule has 1 amide bonds. The molecule has 31 heavy (non-hydrogen) atoms. The number of amides is 1. The Morgan fingerprint density at radius 3 is 2.03 bits per heavy atom. The van der Waals surface area contributed by atoms with Gasteiger partial charge in [-0.1, -0.05) is 48.6 Å². The Balaban J connectivity index is 1.65. The van der Waals surface area contributed by atoms with Crippen LogP contribution < -0.4 is 0 Å². The maximum Gasteiger partial charge on any atom is 0.411 e. The number of rotatable bonds is 7. The van der Waals surface area contributed by atoms with Crippen LogP contribution in [0.3, 0.4) is 0 Å². The molecule has 2 aliphatic rings. The SMILES string of the molecule is C=CCN1C(=O)O[C@H]2[C@H](OC(=O)c3ccccc3)[C@@H](OC(=O)c3ccccc3)[C@]21C=C. The van der Waals surface area contributed by atoms with Crippen molar-refractivity contribution < 1.29 is 28.6 Å². The van der Waals surface area contributed by atoms with E-state index < -0.39 is 41.9 Å². The molecule has 1 saturated carbocycles. The van der Waals surface area contributed by atoms with Crippen molar-refractivity contribution in [3.8, 4) is 0 Å². The summed E-state index contributed by atoms with van der Waals surface area (Å²) in [5.41, 5.74) is -0.505. The number of hydrogen-bond acceptors (Lipinski definition) is 6. The topological polar surface area (TPSA) is 82.1 Å². The Hall–Kier alpha value is -3.87. The molecular weight excluding hydrogens is 398 g/mol. The van der Waals surface area contributed by atoms with E-state index in [9.17, 15) is 14.4 Å². The number of nitrogens with zero attached hydrogens (tertiary/aromatic N) is 1. The summed E-state index contributed by atoms with van der Waals surface area (Å²) in [5.74, 6) is -1.22. The van der Waals surface area contributed by atoms with Crippen molar-refractivity contribution in [2.75, 3.05) is 6.54 Å². The molecule has 1 saturated heterocycles. The van der Waals surface area contributed by atoms with Gasteiger partial charge in [0.15, 0.2) is 18.3 Å². The van der Waals surface area contributed by atoms with E-state index in [-0.39, 0.29) is 6.54 Å². The predicted molar refractivity (Wildman–Crippen MR) is 111 cm³/mol. The Morgan fingerprint density at radius 2 is 1.52 bits per heavy atom. The van der Waals surface area contributed by atoms with Gasteiger partial charge >= 0.3 is 18.0 Å². The minimum Gasteiger partial charge on any atom is -0.452 e. The molecular formula is C24H21NO6. The third kappa shape index (κ3) is 3.28. The molecule has 2 aromatic rings. The second kappa shape index (κ2) is 8.10. The maximum absolute atomic E-state index is 12.8. The Labute approximate surface area is 179 Å². The summed E-state index contributed by atoms with van der Waals surface area (Å²) < 4.78 is 16.9. The van der Waals surface area contributed by atoms with E-state index in [1.807, 2.05) is 0 Å². The molecule has 1 aliphatic heterocycles. The summed E-state index contributed by atoms with van der Waals surface area (Å²) >= 11 is 0. The third-order valence-corrected chi connectivity index (χ3v) is 5.56. The number of carbonyl (C=O) groups is 3. The first-order valence-corrected chi connectivity index (χ1v) is 9.77. The van der Waals surface area contributed by atoms with Gasteiger partial charge in [-0.15, -0.1) is 13.2 Å². The lowest BCUT2D eigenvalue weighted by Crippen LogP contribution is -2.77. The zero-order chi connectivity index (χ0) is 22.0. The molecule has 7 nitrogen and oxygen atoms in total. The molecule has 158 valence electrons. The van der Waals surface area contributed by atoms with Gasteiger partial charge in [0.05, 0.1) is 11.1 Å². The number of benzene rings is 2. The van der Waals surface area contributed by atoms with Crippen LogP contribution in [-0.4, -0.2) is 53.3 Å². The van der Waals surface area contributed by atoms with Crippen molar-refractivity contribution in [3.05, 3.63) is 97.1 Å². The van der Waals surface area contributed by atoms with Crippen molar-refractivity contribution in [1.29, 1.82) is 0 Å². The van der Waals surface area contributed by atoms with Gasteiger partial charge < -0.3 is 14.2 Å². The second-order valence-corrected chi connectivity index (χ2v) is 7.22. The molecule has 0 unspecified atom stereocenters. The number of fused-ring (bicyclic) bond motifs is 1. The molecule has 1 aliphatic carbocycles. The van der Waals surface area contributed by atoms with Crippen LogP contribution in [0, 0.1) is 0 Å². The average molecular weight is 419 g/mol. The summed E-state index contributed by atoms with van der Waals surface area (Å²) in [6.45, 7) is 7.67. The van der Waals surface area contributed by atoms with Gasteiger partial charge in [-0.3, -0.25) is 4.90 Å². The van der Waals surface area contributed by atoms with Crippen LogP contribution in [0.5, 0.6) is 0 Å². The fourth-order valence-corrected chi connectivity index (χ4v) is 4.04. The average Bonchev–Trinajstić information content (AvgIpc) is 3.05. The zero-order valence-electron chi connectivity index (χ0n) is 16.7. The smallest absolute Gasteiger partial charge is 0.411 e. The third-order valence-electron chi connectivity index (χ3n) is 5.56. The molecule has 7 heteroatoms. The second-order valence-electron chi connectivity index (χ2n) is 7.22. The van der Waals surface area contributed by atoms with Crippen molar-refractivity contribution >= 4 is 18.0 Å². The van der Waals surface area contributed by atoms with Crippen LogP contribution in [-0.2, 0) is 14.2 Å². The Morgan fingerprint density at radius 1 is 0.968 bits per heavy atom. The van der Waals surface area contributed by atoms with Crippen molar-refractivity contribution in [1.82, 2.24) is 4.90 Å². The predicted octanol–water partition coefficient (Wildman–Crippen LogP) is 3.38. The van der Waals surface area contributed by atoms with Gasteiger partial charge in [0.25, 0.3) is 0 Å². The van der Waals surface area contributed by atoms with Crippen molar-refractivity contribution in [2.45, 2.75) is 23.9 Å². The molecule has 4 rings (SSSR count). The number of esters is 2. The van der Waals surface area contributed by atoms with Gasteiger partial charge in [-0.05, 0) is 24.3 Å². The molecule has 2 aromatic carbocycles. The van der Waals surface area contributed by atoms with Gasteiger partial charge in [0, 0.05) is 6.54 Å². The van der Waals surface area contributed by atoms with Crippen LogP contribution in [0.15, 0.2) is 86.0 Å². The van der Waals surface area contributed by atoms with E-state index in [0.717, 1.165) is 0 Å². The molecule has 1 heterocycles. The highest BCUT2D eigenvalue weighted by atomic mass is 16.6. The Kier molecular flexibility index (Phi) is 5.33. The normalized spacial score (nSPS) is 26.1. The van der Waals surface area contributed by atoms with E-state index in [2.05, 4.69) is 13.2 Å². The van der Waals surface area contributed by atoms with Gasteiger partial charge in [0.2, 0.25) is 0 Å². The quantitative estimate of drug-likeness (QED) is 0.389. The first-order valence-electron chi connectivity index (χ1n) is 9.77. The summed E-state index contributed by atoms with van der Waals surface area (Å²) in [7, 11) is 0. The number of hydrogen-bond donors (Lipinski definition) is 0. The molecule has 0 N–H and O–H groups in total. The summed E-state index contributed by atoms with van der Waals surface area (Å²) in [6, 6.07) is 16.8. The minimum atomic E-state index is -1.17. The van der Waals surface area contributed by atoms with Gasteiger partial charge in [-0.25, -0.2) is 14.4 Å². The fraction of sp³-hybridized carbons (Fsp3) is 0.208. The fourth-order valence-electron chi connectivity index (χ4n) is 4.04. The largest absolute Gasteiger partial charge is 0.452 e. The van der Waals surface area contributed by atoms with Crippen LogP contribution in [0.25, 0.3) is 0 Å². The monoisotopic (exact) mass is 419 g/mol. The highest BCUT2D eigenvalue weighted by molar-refractivity contribution is 5.91. The van der Waals surface area contributed by atoms with Crippen LogP contribution >= 0.6 is 0 Å². The lowest BCUT2D eigenvalue weighted by atomic mass is 9.67. The summed E-state index contributed by atoms with van der Waals surface area (Å²) in [6.07, 6.45) is -0.433. The first-order chi connectivity index (χ1) is 15.0. The van der Waals surface area contributed by atoms with E-state index >= 15 is 0 Å². The molecule has 0 bridgehead atoms. The van der Waals surface area contributed by atoms with E-state index in [1.54, 1.807) is 60.7 Å². The Bertz CT molecular complexity index is 1020. The first kappa shape index (κ1) is 20.4. The van der Waals surface area contributed by atoms with E-state index in [1.165, 1.54) is 17.1 Å². The van der Waals surface area contributed by atoms with Crippen LogP contribution in [0.4, 0.5) is 4.79 Å². The summed E-state index contributed by atoms with van der Waals surface area (Å²) in [5, 5.41) is 0. The number of ether oxygens (including phenoxy) is 3. The summed E-state index contributed by atoms with van der Waals surface area (Å²) in [4.78, 5) is 39.3. The highest BCUT2D eigenvalue weighted by Gasteiger charge is 2.75. The lowest BCUT2D eigenvalue weighted by molar-refractivity contribution is -0.189. The van der Waals surface area contributed by atoms with E-state index in [4.69, 9.17) is 14.2 Å². The van der Waals surface area contributed by atoms with Crippen molar-refractivity contribution in [2.24, 2.45) is 0 Å². The number of carbonyl (C=O) groups excluding carboxylic acids is 3. The molecule has 2 fully saturated rings. The maximum atomic E-state index is 12.8. The van der Waals surface area contributed by atoms with Gasteiger partial charge in [-0.2, -0.15) is 0 Å².